The van der Waals surface area contributed by atoms with E-state index < -0.39 is 0 Å². The van der Waals surface area contributed by atoms with Gasteiger partial charge < -0.3 is 18.9 Å². The molecule has 0 aromatic rings. The van der Waals surface area contributed by atoms with Crippen LogP contribution in [0.3, 0.4) is 0 Å². The maximum atomic E-state index is 6.05. The first kappa shape index (κ1) is 18.2. The summed E-state index contributed by atoms with van der Waals surface area (Å²) in [5.41, 5.74) is 0.315. The zero-order chi connectivity index (χ0) is 16.2. The second kappa shape index (κ2) is 7.61. The second-order valence-electron chi connectivity index (χ2n) is 7.18. The van der Waals surface area contributed by atoms with E-state index in [1.165, 1.54) is 0 Å². The largest absolute Gasteiger partial charge is 0.380 e. The Morgan fingerprint density at radius 1 is 0.818 bits per heavy atom. The first-order chi connectivity index (χ1) is 10.6. The Hall–Kier alpha value is -0.160. The third-order valence-electron chi connectivity index (χ3n) is 6.08. The van der Waals surface area contributed by atoms with Crippen molar-refractivity contribution in [3.8, 4) is 0 Å². The average Bonchev–Trinajstić information content (AvgIpc) is 2.45. The Kier molecular flexibility index (Phi) is 6.29. The lowest BCUT2D eigenvalue weighted by atomic mass is 9.64. The summed E-state index contributed by atoms with van der Waals surface area (Å²) in [6.07, 6.45) is 4.85. The zero-order valence-corrected chi connectivity index (χ0v) is 15.0. The van der Waals surface area contributed by atoms with E-state index in [1.54, 1.807) is 0 Å². The Morgan fingerprint density at radius 3 is 1.41 bits per heavy atom. The monoisotopic (exact) mass is 314 g/mol. The summed E-state index contributed by atoms with van der Waals surface area (Å²) in [6, 6.07) is 0. The predicted molar refractivity (Wildman–Crippen MR) is 87.1 cm³/mol. The van der Waals surface area contributed by atoms with Gasteiger partial charge in [-0.1, -0.05) is 27.2 Å². The van der Waals surface area contributed by atoms with Crippen LogP contribution in [-0.4, -0.2) is 52.9 Å². The lowest BCUT2D eigenvalue weighted by molar-refractivity contribution is -0.244. The minimum absolute atomic E-state index is 0.158. The van der Waals surface area contributed by atoms with Crippen LogP contribution < -0.4 is 0 Å². The average molecular weight is 314 g/mol. The highest BCUT2D eigenvalue weighted by atomic mass is 16.5. The molecule has 2 aliphatic rings. The van der Waals surface area contributed by atoms with Gasteiger partial charge in [-0.05, 0) is 19.3 Å². The summed E-state index contributed by atoms with van der Waals surface area (Å²) in [5.74, 6) is 0.396. The highest BCUT2D eigenvalue weighted by molar-refractivity contribution is 5.03. The van der Waals surface area contributed by atoms with Gasteiger partial charge in [-0.15, -0.1) is 0 Å². The standard InChI is InChI=1S/C18H34O4/c1-6-9-14(15(19-4)17(7-2)10-21-11-17)16(20-5)18(8-3)12-22-13-18/h14-16H,6-13H2,1-5H3. The van der Waals surface area contributed by atoms with E-state index in [0.717, 1.165) is 52.1 Å². The van der Waals surface area contributed by atoms with Gasteiger partial charge in [-0.3, -0.25) is 0 Å². The molecule has 130 valence electrons. The van der Waals surface area contributed by atoms with Gasteiger partial charge >= 0.3 is 0 Å². The van der Waals surface area contributed by atoms with Crippen LogP contribution in [0.4, 0.5) is 0 Å². The van der Waals surface area contributed by atoms with E-state index in [1.807, 2.05) is 14.2 Å². The van der Waals surface area contributed by atoms with Crippen LogP contribution in [0, 0.1) is 16.7 Å². The Morgan fingerprint density at radius 2 is 1.23 bits per heavy atom. The van der Waals surface area contributed by atoms with Gasteiger partial charge in [0.1, 0.15) is 0 Å². The molecule has 2 atom stereocenters. The molecule has 0 bridgehead atoms. The van der Waals surface area contributed by atoms with Crippen LogP contribution in [-0.2, 0) is 18.9 Å². The van der Waals surface area contributed by atoms with Gasteiger partial charge in [-0.25, -0.2) is 0 Å². The molecule has 2 heterocycles. The van der Waals surface area contributed by atoms with E-state index in [-0.39, 0.29) is 23.0 Å². The van der Waals surface area contributed by atoms with Crippen LogP contribution >= 0.6 is 0 Å². The smallest absolute Gasteiger partial charge is 0.0724 e. The zero-order valence-electron chi connectivity index (χ0n) is 15.0. The van der Waals surface area contributed by atoms with Crippen molar-refractivity contribution in [2.24, 2.45) is 16.7 Å². The minimum Gasteiger partial charge on any atom is -0.380 e. The van der Waals surface area contributed by atoms with Crippen molar-refractivity contribution < 1.29 is 18.9 Å². The predicted octanol–water partition coefficient (Wildman–Crippen LogP) is 3.29. The molecule has 0 spiro atoms. The van der Waals surface area contributed by atoms with Crippen LogP contribution in [0.5, 0.6) is 0 Å². The van der Waals surface area contributed by atoms with E-state index in [2.05, 4.69) is 20.8 Å². The molecule has 4 heteroatoms. The maximum Gasteiger partial charge on any atom is 0.0724 e. The van der Waals surface area contributed by atoms with Crippen molar-refractivity contribution in [2.45, 2.75) is 58.7 Å². The number of hydrogen-bond acceptors (Lipinski definition) is 4. The summed E-state index contributed by atoms with van der Waals surface area (Å²) in [6.45, 7) is 10.0. The summed E-state index contributed by atoms with van der Waals surface area (Å²) >= 11 is 0. The van der Waals surface area contributed by atoms with Crippen molar-refractivity contribution in [3.05, 3.63) is 0 Å². The highest BCUT2D eigenvalue weighted by Gasteiger charge is 2.55. The second-order valence-corrected chi connectivity index (χ2v) is 7.18. The third-order valence-corrected chi connectivity index (χ3v) is 6.08. The molecule has 22 heavy (non-hydrogen) atoms. The van der Waals surface area contributed by atoms with Crippen molar-refractivity contribution in [3.63, 3.8) is 0 Å². The van der Waals surface area contributed by atoms with Crippen molar-refractivity contribution >= 4 is 0 Å². The molecule has 0 radical (unpaired) electrons. The van der Waals surface area contributed by atoms with Crippen molar-refractivity contribution in [2.75, 3.05) is 40.6 Å². The molecule has 4 nitrogen and oxygen atoms in total. The van der Waals surface area contributed by atoms with Gasteiger partial charge in [-0.2, -0.15) is 0 Å². The highest BCUT2D eigenvalue weighted by Crippen LogP contribution is 2.48. The summed E-state index contributed by atoms with van der Waals surface area (Å²) in [5, 5.41) is 0. The van der Waals surface area contributed by atoms with Crippen molar-refractivity contribution in [1.82, 2.24) is 0 Å². The fraction of sp³-hybridized carbons (Fsp3) is 1.00. The molecule has 2 aliphatic heterocycles. The Labute approximate surface area is 135 Å². The van der Waals surface area contributed by atoms with E-state index in [0.29, 0.717) is 5.92 Å². The van der Waals surface area contributed by atoms with Crippen LogP contribution in [0.15, 0.2) is 0 Å². The molecule has 2 saturated heterocycles. The number of hydrogen-bond donors (Lipinski definition) is 0. The molecule has 0 aromatic heterocycles. The summed E-state index contributed by atoms with van der Waals surface area (Å²) in [7, 11) is 3.71. The molecule has 2 unspecified atom stereocenters. The van der Waals surface area contributed by atoms with Gasteiger partial charge in [0, 0.05) is 31.0 Å². The normalized spacial score (nSPS) is 26.6. The van der Waals surface area contributed by atoms with Gasteiger partial charge in [0.2, 0.25) is 0 Å². The van der Waals surface area contributed by atoms with Crippen LogP contribution in [0.2, 0.25) is 0 Å². The van der Waals surface area contributed by atoms with Crippen LogP contribution in [0.1, 0.15) is 46.5 Å². The quantitative estimate of drug-likeness (QED) is 0.620. The van der Waals surface area contributed by atoms with Crippen LogP contribution in [0.25, 0.3) is 0 Å². The first-order valence-electron chi connectivity index (χ1n) is 8.84. The molecule has 2 fully saturated rings. The number of rotatable bonds is 10. The van der Waals surface area contributed by atoms with Gasteiger partial charge in [0.15, 0.2) is 0 Å². The number of ether oxygens (including phenoxy) is 4. The molecular formula is C18H34O4. The SMILES string of the molecule is CCCC(C(OC)C1(CC)COC1)C(OC)C1(CC)COC1. The van der Waals surface area contributed by atoms with E-state index in [4.69, 9.17) is 18.9 Å². The Balaban J connectivity index is 2.25. The molecule has 0 N–H and O–H groups in total. The molecule has 0 saturated carbocycles. The minimum atomic E-state index is 0.158. The lowest BCUT2D eigenvalue weighted by Crippen LogP contribution is -2.61. The van der Waals surface area contributed by atoms with Gasteiger partial charge in [0.05, 0.1) is 38.6 Å². The molecule has 2 rings (SSSR count). The van der Waals surface area contributed by atoms with Crippen molar-refractivity contribution in [1.29, 1.82) is 0 Å². The van der Waals surface area contributed by atoms with Gasteiger partial charge in [0.25, 0.3) is 0 Å². The topological polar surface area (TPSA) is 36.9 Å². The molecule has 0 aliphatic carbocycles. The number of methoxy groups -OCH3 is 2. The summed E-state index contributed by atoms with van der Waals surface area (Å²) < 4.78 is 23.2. The molecule has 0 aromatic carbocycles. The summed E-state index contributed by atoms with van der Waals surface area (Å²) in [4.78, 5) is 0. The van der Waals surface area contributed by atoms with E-state index >= 15 is 0 Å². The molecular weight excluding hydrogens is 280 g/mol. The molecule has 0 amide bonds. The lowest BCUT2D eigenvalue weighted by Gasteiger charge is -2.54. The third kappa shape index (κ3) is 2.95. The fourth-order valence-electron chi connectivity index (χ4n) is 4.42. The Bertz CT molecular complexity index is 295. The van der Waals surface area contributed by atoms with E-state index in [9.17, 15) is 0 Å². The first-order valence-corrected chi connectivity index (χ1v) is 8.84. The maximum absolute atomic E-state index is 6.05. The fourth-order valence-corrected chi connectivity index (χ4v) is 4.42.